The van der Waals surface area contributed by atoms with Gasteiger partial charge in [0.25, 0.3) is 0 Å². The molecule has 8 heteroatoms. The highest BCUT2D eigenvalue weighted by Gasteiger charge is 2.17. The van der Waals surface area contributed by atoms with Gasteiger partial charge < -0.3 is 10.1 Å². The summed E-state index contributed by atoms with van der Waals surface area (Å²) in [4.78, 5) is 11.9. The maximum Gasteiger partial charge on any atom is 0.249 e. The molecule has 0 spiro atoms. The molecule has 1 aromatic carbocycles. The Morgan fingerprint density at radius 1 is 1.32 bits per heavy atom. The number of hydrogen-bond donors (Lipinski definition) is 2. The second kappa shape index (κ2) is 9.09. The molecule has 22 heavy (non-hydrogen) atoms. The fourth-order valence-corrected chi connectivity index (χ4v) is 3.11. The number of rotatable bonds is 9. The number of carbonyl (C=O) groups is 1. The van der Waals surface area contributed by atoms with Gasteiger partial charge in [0.05, 0.1) is 4.90 Å². The summed E-state index contributed by atoms with van der Waals surface area (Å²) in [5.41, 5.74) is 0. The number of ether oxygens (including phenoxy) is 1. The summed E-state index contributed by atoms with van der Waals surface area (Å²) in [7, 11) is -3.63. The van der Waals surface area contributed by atoms with E-state index < -0.39 is 16.1 Å². The molecule has 1 atom stereocenters. The first-order chi connectivity index (χ1) is 10.4. The maximum absolute atomic E-state index is 12.0. The Balaban J connectivity index is 2.45. The van der Waals surface area contributed by atoms with E-state index in [9.17, 15) is 13.2 Å². The Kier molecular flexibility index (Phi) is 7.81. The summed E-state index contributed by atoms with van der Waals surface area (Å²) in [6.45, 7) is 4.38. The van der Waals surface area contributed by atoms with E-state index in [1.54, 1.807) is 12.1 Å². The highest BCUT2D eigenvalue weighted by molar-refractivity contribution is 7.89. The second-order valence-corrected chi connectivity index (χ2v) is 6.70. The standard InChI is InChI=1S/C14H21ClN2O4S/c1-3-13(21-4-2)14(18)16-8-9-17-22(19,20)12-7-5-6-11(15)10-12/h5-7,10,13,17H,3-4,8-9H2,1-2H3,(H,16,18)/t13-/m1/s1. The van der Waals surface area contributed by atoms with E-state index in [1.165, 1.54) is 12.1 Å². The van der Waals surface area contributed by atoms with Crippen molar-refractivity contribution in [2.24, 2.45) is 0 Å². The van der Waals surface area contributed by atoms with Gasteiger partial charge in [0.1, 0.15) is 6.10 Å². The lowest BCUT2D eigenvalue weighted by Crippen LogP contribution is -2.40. The van der Waals surface area contributed by atoms with E-state index in [2.05, 4.69) is 10.0 Å². The molecular weight excluding hydrogens is 328 g/mol. The maximum atomic E-state index is 12.0. The average Bonchev–Trinajstić information content (AvgIpc) is 2.49. The minimum absolute atomic E-state index is 0.0865. The van der Waals surface area contributed by atoms with Crippen LogP contribution in [0.5, 0.6) is 0 Å². The monoisotopic (exact) mass is 348 g/mol. The molecule has 1 amide bonds. The van der Waals surface area contributed by atoms with Crippen LogP contribution in [0.25, 0.3) is 0 Å². The Morgan fingerprint density at radius 3 is 2.64 bits per heavy atom. The van der Waals surface area contributed by atoms with Crippen molar-refractivity contribution in [3.05, 3.63) is 29.3 Å². The van der Waals surface area contributed by atoms with E-state index in [1.807, 2.05) is 13.8 Å². The van der Waals surface area contributed by atoms with Gasteiger partial charge in [-0.2, -0.15) is 0 Å². The van der Waals surface area contributed by atoms with Crippen molar-refractivity contribution in [3.8, 4) is 0 Å². The van der Waals surface area contributed by atoms with Crippen molar-refractivity contribution in [2.45, 2.75) is 31.3 Å². The fraction of sp³-hybridized carbons (Fsp3) is 0.500. The van der Waals surface area contributed by atoms with Crippen molar-refractivity contribution in [2.75, 3.05) is 19.7 Å². The van der Waals surface area contributed by atoms with Crippen molar-refractivity contribution >= 4 is 27.5 Å². The largest absolute Gasteiger partial charge is 0.369 e. The first-order valence-corrected chi connectivity index (χ1v) is 8.91. The Hall–Kier alpha value is -1.15. The van der Waals surface area contributed by atoms with Gasteiger partial charge >= 0.3 is 0 Å². The summed E-state index contributed by atoms with van der Waals surface area (Å²) in [6.07, 6.45) is 0.0583. The molecule has 0 unspecified atom stereocenters. The Bertz CT molecular complexity index is 592. The van der Waals surface area contributed by atoms with Crippen LogP contribution in [0.3, 0.4) is 0 Å². The average molecular weight is 349 g/mol. The van der Waals surface area contributed by atoms with Crippen molar-refractivity contribution in [1.82, 2.24) is 10.0 Å². The Morgan fingerprint density at radius 2 is 2.05 bits per heavy atom. The molecule has 0 aliphatic rings. The zero-order chi connectivity index (χ0) is 16.6. The number of carbonyl (C=O) groups excluding carboxylic acids is 1. The van der Waals surface area contributed by atoms with Crippen LogP contribution >= 0.6 is 11.6 Å². The van der Waals surface area contributed by atoms with Gasteiger partial charge in [-0.25, -0.2) is 13.1 Å². The lowest BCUT2D eigenvalue weighted by atomic mass is 10.2. The number of sulfonamides is 1. The first-order valence-electron chi connectivity index (χ1n) is 7.05. The fourth-order valence-electron chi connectivity index (χ4n) is 1.78. The number of nitrogens with one attached hydrogen (secondary N) is 2. The molecule has 0 saturated heterocycles. The summed E-state index contributed by atoms with van der Waals surface area (Å²) >= 11 is 5.77. The van der Waals surface area contributed by atoms with E-state index in [-0.39, 0.29) is 23.9 Å². The molecule has 0 aliphatic heterocycles. The van der Waals surface area contributed by atoms with Gasteiger partial charge in [0.15, 0.2) is 0 Å². The second-order valence-electron chi connectivity index (χ2n) is 4.50. The van der Waals surface area contributed by atoms with Crippen molar-refractivity contribution in [3.63, 3.8) is 0 Å². The molecule has 0 fully saturated rings. The number of benzene rings is 1. The third-order valence-electron chi connectivity index (χ3n) is 2.85. The van der Waals surface area contributed by atoms with E-state index in [0.717, 1.165) is 0 Å². The molecule has 6 nitrogen and oxygen atoms in total. The van der Waals surface area contributed by atoms with Gasteiger partial charge in [-0.1, -0.05) is 24.6 Å². The normalized spacial score (nSPS) is 12.9. The van der Waals surface area contributed by atoms with Crippen LogP contribution in [0.4, 0.5) is 0 Å². The van der Waals surface area contributed by atoms with Crippen LogP contribution < -0.4 is 10.0 Å². The van der Waals surface area contributed by atoms with Gasteiger partial charge in [0, 0.05) is 24.7 Å². The quantitative estimate of drug-likeness (QED) is 0.663. The van der Waals surface area contributed by atoms with Crippen LogP contribution in [-0.4, -0.2) is 40.1 Å². The zero-order valence-corrected chi connectivity index (χ0v) is 14.2. The van der Waals surface area contributed by atoms with Gasteiger partial charge in [0.2, 0.25) is 15.9 Å². The molecule has 0 bridgehead atoms. The van der Waals surface area contributed by atoms with Crippen LogP contribution in [0.2, 0.25) is 5.02 Å². The SMILES string of the molecule is CCO[C@H](CC)C(=O)NCCNS(=O)(=O)c1cccc(Cl)c1. The molecule has 2 N–H and O–H groups in total. The number of hydrogen-bond acceptors (Lipinski definition) is 4. The van der Waals surface area contributed by atoms with Crippen LogP contribution in [0.15, 0.2) is 29.2 Å². The third-order valence-corrected chi connectivity index (χ3v) is 4.55. The molecule has 0 radical (unpaired) electrons. The molecule has 0 aliphatic carbocycles. The molecular formula is C14H21ClN2O4S. The van der Waals surface area contributed by atoms with Crippen LogP contribution in [-0.2, 0) is 19.6 Å². The highest BCUT2D eigenvalue weighted by atomic mass is 35.5. The first kappa shape index (κ1) is 18.9. The summed E-state index contributed by atoms with van der Waals surface area (Å²) < 4.78 is 31.7. The lowest BCUT2D eigenvalue weighted by Gasteiger charge is -2.15. The minimum Gasteiger partial charge on any atom is -0.369 e. The minimum atomic E-state index is -3.63. The predicted molar refractivity (Wildman–Crippen MR) is 85.4 cm³/mol. The van der Waals surface area contributed by atoms with E-state index >= 15 is 0 Å². The third kappa shape index (κ3) is 5.92. The molecule has 0 heterocycles. The van der Waals surface area contributed by atoms with Crippen LogP contribution in [0, 0.1) is 0 Å². The molecule has 1 aromatic rings. The summed E-state index contributed by atoms with van der Waals surface area (Å²) in [6, 6.07) is 5.98. The Labute approximate surface area is 136 Å². The van der Waals surface area contributed by atoms with Gasteiger partial charge in [-0.05, 0) is 31.5 Å². The van der Waals surface area contributed by atoms with Gasteiger partial charge in [-0.15, -0.1) is 0 Å². The number of amides is 1. The molecule has 0 saturated carbocycles. The smallest absolute Gasteiger partial charge is 0.249 e. The van der Waals surface area contributed by atoms with E-state index in [0.29, 0.717) is 18.1 Å². The zero-order valence-electron chi connectivity index (χ0n) is 12.6. The van der Waals surface area contributed by atoms with Crippen molar-refractivity contribution in [1.29, 1.82) is 0 Å². The summed E-state index contributed by atoms with van der Waals surface area (Å²) in [5.74, 6) is -0.244. The van der Waals surface area contributed by atoms with Crippen LogP contribution in [0.1, 0.15) is 20.3 Å². The van der Waals surface area contributed by atoms with E-state index in [4.69, 9.17) is 16.3 Å². The molecule has 124 valence electrons. The number of halogens is 1. The molecule has 1 rings (SSSR count). The predicted octanol–water partition coefficient (Wildman–Crippen LogP) is 1.55. The topological polar surface area (TPSA) is 84.5 Å². The lowest BCUT2D eigenvalue weighted by molar-refractivity contribution is -0.132. The van der Waals surface area contributed by atoms with Gasteiger partial charge in [-0.3, -0.25) is 4.79 Å². The van der Waals surface area contributed by atoms with Crippen molar-refractivity contribution < 1.29 is 17.9 Å². The highest BCUT2D eigenvalue weighted by Crippen LogP contribution is 2.14. The summed E-state index contributed by atoms with van der Waals surface area (Å²) in [5, 5.41) is 2.98. The molecule has 0 aromatic heterocycles.